The summed E-state index contributed by atoms with van der Waals surface area (Å²) in [6.45, 7) is 1.94. The van der Waals surface area contributed by atoms with Gasteiger partial charge in [-0.15, -0.1) is 11.3 Å². The van der Waals surface area contributed by atoms with E-state index in [1.807, 2.05) is 42.6 Å². The molecule has 122 valence electrons. The first kappa shape index (κ1) is 16.1. The molecule has 7 heteroatoms. The average Bonchev–Trinajstić information content (AvgIpc) is 3.10. The minimum atomic E-state index is -0.222. The first-order valence-electron chi connectivity index (χ1n) is 7.46. The fraction of sp³-hybridized carbons (Fsp3) is 0.176. The van der Waals surface area contributed by atoms with Crippen molar-refractivity contribution in [3.63, 3.8) is 0 Å². The number of urea groups is 1. The van der Waals surface area contributed by atoms with Crippen LogP contribution in [0.4, 0.5) is 9.93 Å². The largest absolute Gasteiger partial charge is 0.323 e. The van der Waals surface area contributed by atoms with Gasteiger partial charge in [-0.3, -0.25) is 15.3 Å². The topological polar surface area (TPSA) is 71.0 Å². The molecular formula is C17H17N5OS. The number of hydrogen-bond acceptors (Lipinski definition) is 5. The number of amides is 2. The highest BCUT2D eigenvalue weighted by Gasteiger charge is 2.19. The average molecular weight is 339 g/mol. The molecule has 0 aliphatic carbocycles. The van der Waals surface area contributed by atoms with E-state index in [0.29, 0.717) is 5.13 Å². The van der Waals surface area contributed by atoms with Gasteiger partial charge < -0.3 is 4.90 Å². The number of carbonyl (C=O) groups is 1. The van der Waals surface area contributed by atoms with E-state index in [2.05, 4.69) is 20.3 Å². The maximum atomic E-state index is 12.4. The van der Waals surface area contributed by atoms with Crippen molar-refractivity contribution in [2.24, 2.45) is 0 Å². The lowest BCUT2D eigenvalue weighted by atomic mass is 10.2. The maximum Gasteiger partial charge on any atom is 0.323 e. The fourth-order valence-electron chi connectivity index (χ4n) is 2.16. The first-order valence-corrected chi connectivity index (χ1v) is 8.34. The lowest BCUT2D eigenvalue weighted by Crippen LogP contribution is -2.33. The van der Waals surface area contributed by atoms with Crippen molar-refractivity contribution in [3.8, 4) is 11.3 Å². The molecule has 24 heavy (non-hydrogen) atoms. The number of aromatic nitrogens is 3. The van der Waals surface area contributed by atoms with Crippen molar-refractivity contribution >= 4 is 22.5 Å². The third-order valence-electron chi connectivity index (χ3n) is 3.69. The van der Waals surface area contributed by atoms with Crippen LogP contribution in [0, 0.1) is 0 Å². The maximum absolute atomic E-state index is 12.4. The van der Waals surface area contributed by atoms with Crippen LogP contribution < -0.4 is 5.32 Å². The number of thiazole rings is 1. The van der Waals surface area contributed by atoms with Crippen LogP contribution in [-0.4, -0.2) is 32.9 Å². The summed E-state index contributed by atoms with van der Waals surface area (Å²) in [7, 11) is 1.74. The molecule has 0 bridgehead atoms. The van der Waals surface area contributed by atoms with Gasteiger partial charge in [-0.2, -0.15) is 0 Å². The lowest BCUT2D eigenvalue weighted by molar-refractivity contribution is 0.207. The minimum absolute atomic E-state index is 0.135. The summed E-state index contributed by atoms with van der Waals surface area (Å²) in [4.78, 5) is 26.8. The molecule has 0 fully saturated rings. The molecule has 0 aliphatic rings. The summed E-state index contributed by atoms with van der Waals surface area (Å²) in [6.07, 6.45) is 5.18. The van der Waals surface area contributed by atoms with E-state index in [1.165, 1.54) is 11.3 Å². The van der Waals surface area contributed by atoms with Gasteiger partial charge in [0.1, 0.15) is 0 Å². The van der Waals surface area contributed by atoms with Gasteiger partial charge in [0.2, 0.25) is 0 Å². The summed E-state index contributed by atoms with van der Waals surface area (Å²) < 4.78 is 0. The van der Waals surface area contributed by atoms with E-state index in [9.17, 15) is 4.79 Å². The number of anilines is 1. The highest BCUT2D eigenvalue weighted by molar-refractivity contribution is 7.14. The zero-order chi connectivity index (χ0) is 16.9. The summed E-state index contributed by atoms with van der Waals surface area (Å²) >= 11 is 1.38. The second kappa shape index (κ2) is 7.18. The molecule has 6 nitrogen and oxygen atoms in total. The molecule has 1 N–H and O–H groups in total. The molecule has 3 aromatic rings. The quantitative estimate of drug-likeness (QED) is 0.784. The number of nitrogens with zero attached hydrogens (tertiary/aromatic N) is 4. The molecule has 1 atom stereocenters. The molecule has 0 saturated heterocycles. The Balaban J connectivity index is 1.68. The van der Waals surface area contributed by atoms with Crippen LogP contribution >= 0.6 is 11.3 Å². The van der Waals surface area contributed by atoms with Gasteiger partial charge >= 0.3 is 6.03 Å². The molecule has 0 radical (unpaired) electrons. The SMILES string of the molecule is CC(c1ccccn1)N(C)C(=O)Nc1nc(-c2cccnc2)cs1. The molecule has 3 aromatic heterocycles. The second-order valence-corrected chi connectivity index (χ2v) is 6.11. The van der Waals surface area contributed by atoms with E-state index >= 15 is 0 Å². The van der Waals surface area contributed by atoms with Gasteiger partial charge in [-0.25, -0.2) is 9.78 Å². The van der Waals surface area contributed by atoms with Gasteiger partial charge in [0.05, 0.1) is 17.4 Å². The Morgan fingerprint density at radius 3 is 2.83 bits per heavy atom. The molecule has 0 saturated carbocycles. The van der Waals surface area contributed by atoms with Crippen LogP contribution in [0.15, 0.2) is 54.3 Å². The molecule has 0 aliphatic heterocycles. The Hall–Kier alpha value is -2.80. The molecule has 0 aromatic carbocycles. The Labute approximate surface area is 144 Å². The second-order valence-electron chi connectivity index (χ2n) is 5.25. The Morgan fingerprint density at radius 1 is 1.25 bits per heavy atom. The number of rotatable bonds is 4. The predicted octanol–water partition coefficient (Wildman–Crippen LogP) is 3.83. The zero-order valence-electron chi connectivity index (χ0n) is 13.4. The van der Waals surface area contributed by atoms with Crippen molar-refractivity contribution in [2.45, 2.75) is 13.0 Å². The van der Waals surface area contributed by atoms with E-state index in [0.717, 1.165) is 17.0 Å². The van der Waals surface area contributed by atoms with Gasteiger partial charge in [0.25, 0.3) is 0 Å². The van der Waals surface area contributed by atoms with E-state index in [-0.39, 0.29) is 12.1 Å². The van der Waals surface area contributed by atoms with Crippen molar-refractivity contribution in [1.29, 1.82) is 0 Å². The van der Waals surface area contributed by atoms with Gasteiger partial charge in [0, 0.05) is 36.6 Å². The Morgan fingerprint density at radius 2 is 2.12 bits per heavy atom. The van der Waals surface area contributed by atoms with Crippen LogP contribution in [-0.2, 0) is 0 Å². The van der Waals surface area contributed by atoms with Crippen LogP contribution in [0.3, 0.4) is 0 Å². The normalized spacial score (nSPS) is 11.8. The molecule has 0 spiro atoms. The predicted molar refractivity (Wildman–Crippen MR) is 94.8 cm³/mol. The summed E-state index contributed by atoms with van der Waals surface area (Å²) in [6, 6.07) is 9.10. The van der Waals surface area contributed by atoms with Crippen LogP contribution in [0.2, 0.25) is 0 Å². The van der Waals surface area contributed by atoms with E-state index in [4.69, 9.17) is 0 Å². The number of nitrogens with one attached hydrogen (secondary N) is 1. The highest BCUT2D eigenvalue weighted by Crippen LogP contribution is 2.25. The zero-order valence-corrected chi connectivity index (χ0v) is 14.2. The molecule has 2 amide bonds. The van der Waals surface area contributed by atoms with E-state index < -0.39 is 0 Å². The van der Waals surface area contributed by atoms with Gasteiger partial charge in [-0.05, 0) is 31.2 Å². The standard InChI is InChI=1S/C17H17N5OS/c1-12(14-7-3-4-9-19-14)22(2)17(23)21-16-20-15(11-24-16)13-6-5-8-18-10-13/h3-12H,1-2H3,(H,20,21,23). The fourth-order valence-corrected chi connectivity index (χ4v) is 2.86. The third-order valence-corrected chi connectivity index (χ3v) is 4.45. The first-order chi connectivity index (χ1) is 11.6. The van der Waals surface area contributed by atoms with Gasteiger partial charge in [-0.1, -0.05) is 6.07 Å². The lowest BCUT2D eigenvalue weighted by Gasteiger charge is -2.24. The Kier molecular flexibility index (Phi) is 4.81. The summed E-state index contributed by atoms with van der Waals surface area (Å²) in [5.41, 5.74) is 2.55. The third kappa shape index (κ3) is 3.57. The van der Waals surface area contributed by atoms with Crippen LogP contribution in [0.25, 0.3) is 11.3 Å². The van der Waals surface area contributed by atoms with Gasteiger partial charge in [0.15, 0.2) is 5.13 Å². The van der Waals surface area contributed by atoms with Crippen molar-refractivity contribution in [2.75, 3.05) is 12.4 Å². The monoisotopic (exact) mass is 339 g/mol. The molecular weight excluding hydrogens is 322 g/mol. The summed E-state index contributed by atoms with van der Waals surface area (Å²) in [5.74, 6) is 0. The molecule has 1 unspecified atom stereocenters. The summed E-state index contributed by atoms with van der Waals surface area (Å²) in [5, 5.41) is 5.28. The molecule has 3 heterocycles. The highest BCUT2D eigenvalue weighted by atomic mass is 32.1. The Bertz CT molecular complexity index is 806. The minimum Gasteiger partial charge on any atom is -0.319 e. The van der Waals surface area contributed by atoms with E-state index in [1.54, 1.807) is 30.5 Å². The number of hydrogen-bond donors (Lipinski definition) is 1. The van der Waals surface area contributed by atoms with Crippen molar-refractivity contribution < 1.29 is 4.79 Å². The van der Waals surface area contributed by atoms with Crippen LogP contribution in [0.1, 0.15) is 18.7 Å². The number of carbonyl (C=O) groups excluding carboxylic acids is 1. The smallest absolute Gasteiger partial charge is 0.319 e. The van der Waals surface area contributed by atoms with Crippen molar-refractivity contribution in [1.82, 2.24) is 19.9 Å². The number of pyridine rings is 2. The van der Waals surface area contributed by atoms with Crippen molar-refractivity contribution in [3.05, 3.63) is 60.0 Å². The van der Waals surface area contributed by atoms with Crippen LogP contribution in [0.5, 0.6) is 0 Å². The molecule has 3 rings (SSSR count).